The lowest BCUT2D eigenvalue weighted by molar-refractivity contribution is -0.116. The van der Waals surface area contributed by atoms with Gasteiger partial charge in [0.15, 0.2) is 0 Å². The van der Waals surface area contributed by atoms with Gasteiger partial charge in [-0.1, -0.05) is 25.4 Å². The molecule has 0 saturated heterocycles. The maximum atomic E-state index is 11.5. The molecule has 1 rings (SSSR count). The van der Waals surface area contributed by atoms with Gasteiger partial charge in [0.25, 0.3) is 0 Å². The van der Waals surface area contributed by atoms with Crippen molar-refractivity contribution >= 4 is 28.9 Å². The summed E-state index contributed by atoms with van der Waals surface area (Å²) in [5.74, 6) is 0.537. The molecule has 4 heteroatoms. The second-order valence-corrected chi connectivity index (χ2v) is 4.62. The quantitative estimate of drug-likeness (QED) is 0.794. The number of carbonyl (C=O) groups excluding carboxylic acids is 1. The molecular formula is C12H17ClN2O. The SMILES string of the molecule is CC(C)CCC(=O)Nc1ccc(N)c(Cl)c1. The van der Waals surface area contributed by atoms with E-state index in [-0.39, 0.29) is 5.91 Å². The van der Waals surface area contributed by atoms with Crippen LogP contribution in [-0.2, 0) is 4.79 Å². The zero-order valence-electron chi connectivity index (χ0n) is 9.59. The lowest BCUT2D eigenvalue weighted by Crippen LogP contribution is -2.12. The number of halogens is 1. The van der Waals surface area contributed by atoms with Crippen molar-refractivity contribution in [1.82, 2.24) is 0 Å². The van der Waals surface area contributed by atoms with Crippen LogP contribution in [0.15, 0.2) is 18.2 Å². The van der Waals surface area contributed by atoms with Crippen molar-refractivity contribution in [3.05, 3.63) is 23.2 Å². The van der Waals surface area contributed by atoms with Crippen LogP contribution in [0.3, 0.4) is 0 Å². The molecule has 16 heavy (non-hydrogen) atoms. The molecule has 0 radical (unpaired) electrons. The van der Waals surface area contributed by atoms with Crippen LogP contribution in [0.25, 0.3) is 0 Å². The zero-order valence-corrected chi connectivity index (χ0v) is 10.3. The summed E-state index contributed by atoms with van der Waals surface area (Å²) in [5, 5.41) is 3.25. The second kappa shape index (κ2) is 5.75. The van der Waals surface area contributed by atoms with E-state index in [4.69, 9.17) is 17.3 Å². The molecule has 0 bridgehead atoms. The van der Waals surface area contributed by atoms with Crippen LogP contribution in [0.2, 0.25) is 5.02 Å². The first-order valence-electron chi connectivity index (χ1n) is 5.34. The third kappa shape index (κ3) is 4.11. The summed E-state index contributed by atoms with van der Waals surface area (Å²) in [6, 6.07) is 5.08. The first-order chi connectivity index (χ1) is 7.49. The molecule has 3 nitrogen and oxygen atoms in total. The molecular weight excluding hydrogens is 224 g/mol. The summed E-state index contributed by atoms with van der Waals surface area (Å²) in [4.78, 5) is 11.5. The van der Waals surface area contributed by atoms with Gasteiger partial charge in [0.1, 0.15) is 0 Å². The number of nitrogens with one attached hydrogen (secondary N) is 1. The minimum Gasteiger partial charge on any atom is -0.398 e. The Bertz CT molecular complexity index is 377. The number of benzene rings is 1. The monoisotopic (exact) mass is 240 g/mol. The van der Waals surface area contributed by atoms with Crippen molar-refractivity contribution in [2.45, 2.75) is 26.7 Å². The third-order valence-electron chi connectivity index (χ3n) is 2.23. The number of hydrogen-bond acceptors (Lipinski definition) is 2. The van der Waals surface area contributed by atoms with Crippen LogP contribution in [0.1, 0.15) is 26.7 Å². The number of nitrogen functional groups attached to an aromatic ring is 1. The molecule has 0 fully saturated rings. The van der Waals surface area contributed by atoms with Crippen LogP contribution >= 0.6 is 11.6 Å². The van der Waals surface area contributed by atoms with Crippen LogP contribution in [-0.4, -0.2) is 5.91 Å². The Morgan fingerprint density at radius 1 is 1.50 bits per heavy atom. The first kappa shape index (κ1) is 12.8. The van der Waals surface area contributed by atoms with Crippen LogP contribution < -0.4 is 11.1 Å². The molecule has 0 atom stereocenters. The average Bonchev–Trinajstić information content (AvgIpc) is 2.21. The van der Waals surface area contributed by atoms with Gasteiger partial charge in [0, 0.05) is 12.1 Å². The summed E-state index contributed by atoms with van der Waals surface area (Å²) in [6.07, 6.45) is 1.41. The van der Waals surface area contributed by atoms with E-state index in [0.29, 0.717) is 28.7 Å². The predicted molar refractivity (Wildman–Crippen MR) is 68.6 cm³/mol. The fourth-order valence-corrected chi connectivity index (χ4v) is 1.43. The zero-order chi connectivity index (χ0) is 12.1. The van der Waals surface area contributed by atoms with E-state index in [2.05, 4.69) is 19.2 Å². The van der Waals surface area contributed by atoms with Crippen LogP contribution in [0.4, 0.5) is 11.4 Å². The second-order valence-electron chi connectivity index (χ2n) is 4.22. The van der Waals surface area contributed by atoms with Gasteiger partial charge < -0.3 is 11.1 Å². The maximum Gasteiger partial charge on any atom is 0.224 e. The van der Waals surface area contributed by atoms with Gasteiger partial charge in [-0.3, -0.25) is 4.79 Å². The highest BCUT2D eigenvalue weighted by atomic mass is 35.5. The van der Waals surface area contributed by atoms with Crippen molar-refractivity contribution in [1.29, 1.82) is 0 Å². The van der Waals surface area contributed by atoms with Crippen LogP contribution in [0, 0.1) is 5.92 Å². The molecule has 0 aliphatic heterocycles. The molecule has 0 aliphatic carbocycles. The first-order valence-corrected chi connectivity index (χ1v) is 5.71. The van der Waals surface area contributed by atoms with E-state index in [1.807, 2.05) is 0 Å². The molecule has 0 heterocycles. The predicted octanol–water partition coefficient (Wildman–Crippen LogP) is 3.30. The standard InChI is InChI=1S/C12H17ClN2O/c1-8(2)3-6-12(16)15-9-4-5-11(14)10(13)7-9/h4-5,7-8H,3,6,14H2,1-2H3,(H,15,16). The number of hydrogen-bond donors (Lipinski definition) is 2. The minimum absolute atomic E-state index is 0.00883. The van der Waals surface area contributed by atoms with Crippen LogP contribution in [0.5, 0.6) is 0 Å². The summed E-state index contributed by atoms with van der Waals surface area (Å²) < 4.78 is 0. The number of carbonyl (C=O) groups is 1. The van der Waals surface area contributed by atoms with Gasteiger partial charge in [0.05, 0.1) is 10.7 Å². The molecule has 0 saturated carbocycles. The molecule has 1 aromatic rings. The Hall–Kier alpha value is -1.22. The van der Waals surface area contributed by atoms with Crippen molar-refractivity contribution in [2.75, 3.05) is 11.1 Å². The molecule has 3 N–H and O–H groups in total. The number of amides is 1. The van der Waals surface area contributed by atoms with E-state index >= 15 is 0 Å². The van der Waals surface area contributed by atoms with Gasteiger partial charge in [-0.05, 0) is 30.5 Å². The Labute approximate surface area is 101 Å². The van der Waals surface area contributed by atoms with E-state index in [9.17, 15) is 4.79 Å². The van der Waals surface area contributed by atoms with Crippen molar-refractivity contribution in [3.8, 4) is 0 Å². The molecule has 0 aliphatic rings. The van der Waals surface area contributed by atoms with E-state index in [0.717, 1.165) is 6.42 Å². The van der Waals surface area contributed by atoms with E-state index < -0.39 is 0 Å². The number of anilines is 2. The Balaban J connectivity index is 2.53. The highest BCUT2D eigenvalue weighted by Gasteiger charge is 2.05. The minimum atomic E-state index is 0.00883. The van der Waals surface area contributed by atoms with Gasteiger partial charge in [0.2, 0.25) is 5.91 Å². The van der Waals surface area contributed by atoms with Gasteiger partial charge in [-0.25, -0.2) is 0 Å². The molecule has 1 aromatic carbocycles. The topological polar surface area (TPSA) is 55.1 Å². The number of rotatable bonds is 4. The Kier molecular flexibility index (Phi) is 4.62. The van der Waals surface area contributed by atoms with Crippen molar-refractivity contribution in [3.63, 3.8) is 0 Å². The fraction of sp³-hybridized carbons (Fsp3) is 0.417. The fourth-order valence-electron chi connectivity index (χ4n) is 1.25. The molecule has 1 amide bonds. The number of nitrogens with two attached hydrogens (primary N) is 1. The lowest BCUT2D eigenvalue weighted by Gasteiger charge is -2.07. The normalized spacial score (nSPS) is 10.5. The van der Waals surface area contributed by atoms with E-state index in [1.165, 1.54) is 0 Å². The smallest absolute Gasteiger partial charge is 0.224 e. The highest BCUT2D eigenvalue weighted by molar-refractivity contribution is 6.33. The molecule has 0 unspecified atom stereocenters. The Morgan fingerprint density at radius 3 is 2.75 bits per heavy atom. The summed E-state index contributed by atoms with van der Waals surface area (Å²) in [6.45, 7) is 4.18. The lowest BCUT2D eigenvalue weighted by atomic mass is 10.1. The summed E-state index contributed by atoms with van der Waals surface area (Å²) in [5.41, 5.74) is 6.78. The average molecular weight is 241 g/mol. The van der Waals surface area contributed by atoms with E-state index in [1.54, 1.807) is 18.2 Å². The molecule has 88 valence electrons. The Morgan fingerprint density at radius 2 is 2.19 bits per heavy atom. The van der Waals surface area contributed by atoms with Gasteiger partial charge in [-0.2, -0.15) is 0 Å². The largest absolute Gasteiger partial charge is 0.398 e. The van der Waals surface area contributed by atoms with Crippen molar-refractivity contribution < 1.29 is 4.79 Å². The summed E-state index contributed by atoms with van der Waals surface area (Å²) in [7, 11) is 0. The van der Waals surface area contributed by atoms with Gasteiger partial charge in [-0.15, -0.1) is 0 Å². The van der Waals surface area contributed by atoms with Gasteiger partial charge >= 0.3 is 0 Å². The third-order valence-corrected chi connectivity index (χ3v) is 2.56. The molecule has 0 spiro atoms. The molecule has 0 aromatic heterocycles. The van der Waals surface area contributed by atoms with Crippen molar-refractivity contribution in [2.24, 2.45) is 5.92 Å². The maximum absolute atomic E-state index is 11.5. The highest BCUT2D eigenvalue weighted by Crippen LogP contribution is 2.22. The summed E-state index contributed by atoms with van der Waals surface area (Å²) >= 11 is 5.85.